The Balaban J connectivity index is 1.53. The van der Waals surface area contributed by atoms with Crippen LogP contribution in [0.25, 0.3) is 0 Å². The second kappa shape index (κ2) is 6.48. The number of aromatic nitrogens is 3. The molecule has 2 heterocycles. The number of pyridine rings is 1. The van der Waals surface area contributed by atoms with Crippen LogP contribution in [0.4, 0.5) is 0 Å². The number of aliphatic hydroxyl groups excluding tert-OH is 1. The molecule has 132 valence electrons. The molecule has 0 radical (unpaired) electrons. The number of hydrogen-bond donors (Lipinski definition) is 3. The van der Waals surface area contributed by atoms with Crippen molar-refractivity contribution in [1.29, 1.82) is 0 Å². The first-order valence-electron chi connectivity index (χ1n) is 8.67. The van der Waals surface area contributed by atoms with Gasteiger partial charge in [0, 0.05) is 17.8 Å². The number of aromatic amines is 1. The molecule has 0 saturated heterocycles. The summed E-state index contributed by atoms with van der Waals surface area (Å²) in [5.41, 5.74) is 2.31. The maximum atomic E-state index is 12.7. The Bertz CT molecular complexity index is 765. The van der Waals surface area contributed by atoms with Crippen LogP contribution in [0.5, 0.6) is 5.75 Å². The zero-order valence-electron chi connectivity index (χ0n) is 14.1. The molecule has 0 aromatic carbocycles. The smallest absolute Gasteiger partial charge is 0.272 e. The molecule has 2 aliphatic carbocycles. The molecule has 2 aliphatic rings. The minimum absolute atomic E-state index is 0.176. The van der Waals surface area contributed by atoms with Crippen LogP contribution in [0.15, 0.2) is 24.5 Å². The van der Waals surface area contributed by atoms with Gasteiger partial charge in [-0.3, -0.25) is 14.9 Å². The maximum absolute atomic E-state index is 12.7. The summed E-state index contributed by atoms with van der Waals surface area (Å²) in [5, 5.41) is 19.8. The second-order valence-electron chi connectivity index (χ2n) is 6.98. The van der Waals surface area contributed by atoms with Crippen molar-refractivity contribution in [3.8, 4) is 5.75 Å². The molecule has 2 aromatic rings. The van der Waals surface area contributed by atoms with Gasteiger partial charge in [-0.25, -0.2) is 0 Å². The highest BCUT2D eigenvalue weighted by molar-refractivity contribution is 5.92. The minimum atomic E-state index is -0.296. The predicted molar refractivity (Wildman–Crippen MR) is 90.3 cm³/mol. The van der Waals surface area contributed by atoms with E-state index in [0.717, 1.165) is 24.1 Å². The first-order valence-corrected chi connectivity index (χ1v) is 8.67. The number of rotatable bonds is 6. The molecule has 4 rings (SSSR count). The number of H-pyrrole nitrogens is 1. The largest absolute Gasteiger partial charge is 0.495 e. The number of ether oxygens (including phenoxy) is 1. The number of hydrogen-bond acceptors (Lipinski definition) is 5. The monoisotopic (exact) mass is 342 g/mol. The quantitative estimate of drug-likeness (QED) is 0.745. The highest BCUT2D eigenvalue weighted by Crippen LogP contribution is 2.40. The van der Waals surface area contributed by atoms with Crippen LogP contribution in [0.3, 0.4) is 0 Å². The SMILES string of the molecule is COc1cncc(C(NC(=O)c2cc(C3CC3)[nH]n2)C2CC(O)C2)c1. The molecule has 1 amide bonds. The van der Waals surface area contributed by atoms with Crippen molar-refractivity contribution in [2.24, 2.45) is 5.92 Å². The molecule has 2 fully saturated rings. The van der Waals surface area contributed by atoms with E-state index in [1.165, 1.54) is 0 Å². The summed E-state index contributed by atoms with van der Waals surface area (Å²) in [4.78, 5) is 16.8. The summed E-state index contributed by atoms with van der Waals surface area (Å²) >= 11 is 0. The van der Waals surface area contributed by atoms with Gasteiger partial charge in [-0.05, 0) is 49.3 Å². The Kier molecular flexibility index (Phi) is 4.17. The Morgan fingerprint density at radius 1 is 1.36 bits per heavy atom. The van der Waals surface area contributed by atoms with Gasteiger partial charge in [0.25, 0.3) is 5.91 Å². The summed E-state index contributed by atoms with van der Waals surface area (Å²) in [5.74, 6) is 1.13. The van der Waals surface area contributed by atoms with E-state index in [-0.39, 0.29) is 24.0 Å². The molecule has 1 atom stereocenters. The van der Waals surface area contributed by atoms with Gasteiger partial charge in [0.2, 0.25) is 0 Å². The lowest BCUT2D eigenvalue weighted by atomic mass is 9.75. The average Bonchev–Trinajstić information content (AvgIpc) is 3.34. The number of carbonyl (C=O) groups excluding carboxylic acids is 1. The standard InChI is InChI=1S/C18H22N4O3/c1-25-14-6-12(8-19-9-14)17(11-4-13(23)5-11)20-18(24)16-7-15(21-22-16)10-2-3-10/h6-11,13,17,23H,2-5H2,1H3,(H,20,24)(H,21,22). The average molecular weight is 342 g/mol. The van der Waals surface area contributed by atoms with Crippen molar-refractivity contribution < 1.29 is 14.6 Å². The third-order valence-electron chi connectivity index (χ3n) is 5.08. The van der Waals surface area contributed by atoms with Gasteiger partial charge in [0.05, 0.1) is 25.5 Å². The maximum Gasteiger partial charge on any atom is 0.272 e. The number of nitrogens with one attached hydrogen (secondary N) is 2. The van der Waals surface area contributed by atoms with E-state index in [1.54, 1.807) is 19.5 Å². The van der Waals surface area contributed by atoms with Gasteiger partial charge in [0.1, 0.15) is 11.4 Å². The lowest BCUT2D eigenvalue weighted by Gasteiger charge is -2.38. The van der Waals surface area contributed by atoms with Gasteiger partial charge in [-0.1, -0.05) is 0 Å². The molecular formula is C18H22N4O3. The van der Waals surface area contributed by atoms with Gasteiger partial charge >= 0.3 is 0 Å². The fourth-order valence-electron chi connectivity index (χ4n) is 3.36. The number of carbonyl (C=O) groups is 1. The summed E-state index contributed by atoms with van der Waals surface area (Å²) in [6.07, 6.45) is 6.70. The van der Waals surface area contributed by atoms with Crippen LogP contribution in [0.2, 0.25) is 0 Å². The summed E-state index contributed by atoms with van der Waals surface area (Å²) in [6, 6.07) is 3.49. The third kappa shape index (κ3) is 3.37. The second-order valence-corrected chi connectivity index (χ2v) is 6.98. The molecular weight excluding hydrogens is 320 g/mol. The minimum Gasteiger partial charge on any atom is -0.495 e. The number of methoxy groups -OCH3 is 1. The third-order valence-corrected chi connectivity index (χ3v) is 5.08. The zero-order chi connectivity index (χ0) is 17.4. The van der Waals surface area contributed by atoms with Crippen LogP contribution < -0.4 is 10.1 Å². The van der Waals surface area contributed by atoms with E-state index >= 15 is 0 Å². The van der Waals surface area contributed by atoms with E-state index in [2.05, 4.69) is 20.5 Å². The highest BCUT2D eigenvalue weighted by atomic mass is 16.5. The van der Waals surface area contributed by atoms with E-state index in [1.807, 2.05) is 12.1 Å². The Hall–Kier alpha value is -2.41. The highest BCUT2D eigenvalue weighted by Gasteiger charge is 2.36. The molecule has 2 saturated carbocycles. The summed E-state index contributed by atoms with van der Waals surface area (Å²) in [7, 11) is 1.59. The van der Waals surface area contributed by atoms with Crippen molar-refractivity contribution in [3.05, 3.63) is 41.5 Å². The Morgan fingerprint density at radius 3 is 2.84 bits per heavy atom. The fourth-order valence-corrected chi connectivity index (χ4v) is 3.36. The first kappa shape index (κ1) is 16.1. The fraction of sp³-hybridized carbons (Fsp3) is 0.500. The van der Waals surface area contributed by atoms with E-state index in [0.29, 0.717) is 30.2 Å². The molecule has 25 heavy (non-hydrogen) atoms. The molecule has 7 heteroatoms. The number of amides is 1. The zero-order valence-corrected chi connectivity index (χ0v) is 14.1. The van der Waals surface area contributed by atoms with Gasteiger partial charge in [-0.2, -0.15) is 5.10 Å². The Morgan fingerprint density at radius 2 is 2.16 bits per heavy atom. The lowest BCUT2D eigenvalue weighted by Crippen LogP contribution is -2.41. The van der Waals surface area contributed by atoms with Crippen LogP contribution in [0.1, 0.15) is 59.4 Å². The van der Waals surface area contributed by atoms with Gasteiger partial charge in [0.15, 0.2) is 0 Å². The van der Waals surface area contributed by atoms with Crippen molar-refractivity contribution in [3.63, 3.8) is 0 Å². The molecule has 2 aromatic heterocycles. The number of aliphatic hydroxyl groups is 1. The molecule has 0 aliphatic heterocycles. The van der Waals surface area contributed by atoms with Gasteiger partial charge < -0.3 is 15.2 Å². The van der Waals surface area contributed by atoms with Crippen molar-refractivity contribution >= 4 is 5.91 Å². The molecule has 3 N–H and O–H groups in total. The first-order chi connectivity index (χ1) is 12.1. The van der Waals surface area contributed by atoms with E-state index in [4.69, 9.17) is 4.74 Å². The lowest BCUT2D eigenvalue weighted by molar-refractivity contribution is 0.0234. The Labute approximate surface area is 145 Å². The van der Waals surface area contributed by atoms with Crippen LogP contribution in [-0.2, 0) is 0 Å². The van der Waals surface area contributed by atoms with Gasteiger partial charge in [-0.15, -0.1) is 0 Å². The van der Waals surface area contributed by atoms with Crippen LogP contribution in [0, 0.1) is 5.92 Å². The van der Waals surface area contributed by atoms with Crippen LogP contribution in [-0.4, -0.2) is 39.4 Å². The van der Waals surface area contributed by atoms with E-state index in [9.17, 15) is 9.90 Å². The predicted octanol–water partition coefficient (Wildman–Crippen LogP) is 1.93. The molecule has 0 spiro atoms. The normalized spacial score (nSPS) is 23.6. The van der Waals surface area contributed by atoms with E-state index < -0.39 is 0 Å². The topological polar surface area (TPSA) is 100 Å². The van der Waals surface area contributed by atoms with Crippen molar-refractivity contribution in [2.75, 3.05) is 7.11 Å². The van der Waals surface area contributed by atoms with Crippen LogP contribution >= 0.6 is 0 Å². The van der Waals surface area contributed by atoms with Crippen molar-refractivity contribution in [1.82, 2.24) is 20.5 Å². The number of nitrogens with zero attached hydrogens (tertiary/aromatic N) is 2. The summed E-state index contributed by atoms with van der Waals surface area (Å²) < 4.78 is 5.24. The molecule has 1 unspecified atom stereocenters. The molecule has 0 bridgehead atoms. The van der Waals surface area contributed by atoms with Crippen molar-refractivity contribution in [2.45, 2.75) is 43.7 Å². The summed E-state index contributed by atoms with van der Waals surface area (Å²) in [6.45, 7) is 0. The molecule has 7 nitrogen and oxygen atoms in total.